The Kier molecular flexibility index (Phi) is 5.45. The second-order valence-electron chi connectivity index (χ2n) is 6.31. The number of aromatic nitrogens is 2. The molecule has 2 fully saturated rings. The Morgan fingerprint density at radius 2 is 1.95 bits per heavy atom. The first kappa shape index (κ1) is 15.5. The Labute approximate surface area is 132 Å². The molecule has 6 heteroatoms. The van der Waals surface area contributed by atoms with E-state index >= 15 is 0 Å². The average Bonchev–Trinajstić information content (AvgIpc) is 2.57. The first-order chi connectivity index (χ1) is 10.8. The average molecular weight is 305 g/mol. The summed E-state index contributed by atoms with van der Waals surface area (Å²) in [5.74, 6) is 2.82. The van der Waals surface area contributed by atoms with Crippen LogP contribution in [0.3, 0.4) is 0 Å². The van der Waals surface area contributed by atoms with Crippen LogP contribution >= 0.6 is 0 Å². The minimum atomic E-state index is 0.837. The molecule has 2 aliphatic rings. The molecule has 0 saturated carbocycles. The van der Waals surface area contributed by atoms with Gasteiger partial charge >= 0.3 is 0 Å². The van der Waals surface area contributed by atoms with Crippen LogP contribution in [0.25, 0.3) is 0 Å². The molecular formula is C16H27N5O. The van der Waals surface area contributed by atoms with E-state index in [1.165, 1.54) is 12.8 Å². The summed E-state index contributed by atoms with van der Waals surface area (Å²) in [5, 5.41) is 3.42. The van der Waals surface area contributed by atoms with Gasteiger partial charge in [-0.2, -0.15) is 0 Å². The van der Waals surface area contributed by atoms with E-state index in [4.69, 9.17) is 4.74 Å². The van der Waals surface area contributed by atoms with E-state index in [0.29, 0.717) is 0 Å². The lowest BCUT2D eigenvalue weighted by Gasteiger charge is -2.31. The Hall–Kier alpha value is -1.40. The van der Waals surface area contributed by atoms with Gasteiger partial charge in [0.05, 0.1) is 13.2 Å². The van der Waals surface area contributed by atoms with Crippen LogP contribution in [0.5, 0.6) is 0 Å². The fourth-order valence-corrected chi connectivity index (χ4v) is 3.02. The second-order valence-corrected chi connectivity index (χ2v) is 6.31. The third-order valence-corrected chi connectivity index (χ3v) is 4.60. The largest absolute Gasteiger partial charge is 0.379 e. The molecular weight excluding hydrogens is 278 g/mol. The molecule has 22 heavy (non-hydrogen) atoms. The highest BCUT2D eigenvalue weighted by atomic mass is 16.5. The third-order valence-electron chi connectivity index (χ3n) is 4.60. The van der Waals surface area contributed by atoms with Crippen LogP contribution in [-0.2, 0) is 4.74 Å². The van der Waals surface area contributed by atoms with Gasteiger partial charge in [-0.3, -0.25) is 4.90 Å². The number of anilines is 2. The van der Waals surface area contributed by atoms with Crippen LogP contribution in [0.1, 0.15) is 19.8 Å². The lowest BCUT2D eigenvalue weighted by molar-refractivity contribution is 0.0398. The normalized spacial score (nSPS) is 21.0. The van der Waals surface area contributed by atoms with Crippen molar-refractivity contribution in [2.75, 3.05) is 62.7 Å². The lowest BCUT2D eigenvalue weighted by atomic mass is 9.99. The molecule has 0 amide bonds. The van der Waals surface area contributed by atoms with Gasteiger partial charge in [-0.1, -0.05) is 6.92 Å². The van der Waals surface area contributed by atoms with Crippen molar-refractivity contribution in [3.05, 3.63) is 12.4 Å². The number of rotatable bonds is 5. The summed E-state index contributed by atoms with van der Waals surface area (Å²) in [4.78, 5) is 13.6. The fourth-order valence-electron chi connectivity index (χ4n) is 3.02. The number of ether oxygens (including phenoxy) is 1. The van der Waals surface area contributed by atoms with E-state index in [-0.39, 0.29) is 0 Å². The predicted molar refractivity (Wildman–Crippen MR) is 88.4 cm³/mol. The monoisotopic (exact) mass is 305 g/mol. The Morgan fingerprint density at radius 3 is 2.73 bits per heavy atom. The summed E-state index contributed by atoms with van der Waals surface area (Å²) in [6.45, 7) is 10.2. The molecule has 6 nitrogen and oxygen atoms in total. The van der Waals surface area contributed by atoms with Crippen LogP contribution in [0, 0.1) is 5.92 Å². The van der Waals surface area contributed by atoms with Crippen LogP contribution in [0.15, 0.2) is 12.4 Å². The van der Waals surface area contributed by atoms with E-state index in [1.54, 1.807) is 6.33 Å². The van der Waals surface area contributed by atoms with Gasteiger partial charge in [0.25, 0.3) is 0 Å². The fraction of sp³-hybridized carbons (Fsp3) is 0.750. The van der Waals surface area contributed by atoms with Gasteiger partial charge in [-0.05, 0) is 18.8 Å². The smallest absolute Gasteiger partial charge is 0.134 e. The minimum Gasteiger partial charge on any atom is -0.379 e. The highest BCUT2D eigenvalue weighted by Gasteiger charge is 2.17. The zero-order valence-corrected chi connectivity index (χ0v) is 13.5. The topological polar surface area (TPSA) is 53.5 Å². The van der Waals surface area contributed by atoms with Crippen molar-refractivity contribution in [3.8, 4) is 0 Å². The van der Waals surface area contributed by atoms with E-state index in [1.807, 2.05) is 0 Å². The molecule has 0 unspecified atom stereocenters. The summed E-state index contributed by atoms with van der Waals surface area (Å²) in [6, 6.07) is 2.08. The van der Waals surface area contributed by atoms with Crippen LogP contribution < -0.4 is 10.2 Å². The third kappa shape index (κ3) is 4.30. The number of morpholine rings is 1. The van der Waals surface area contributed by atoms with Crippen molar-refractivity contribution in [2.24, 2.45) is 5.92 Å². The molecule has 3 rings (SSSR count). The molecule has 1 N–H and O–H groups in total. The molecule has 0 bridgehead atoms. The number of nitrogens with one attached hydrogen (secondary N) is 1. The standard InChI is InChI=1S/C16H27N5O/c1-14-2-5-21(6-3-14)16-12-15(18-13-19-16)17-4-7-20-8-10-22-11-9-20/h12-14H,2-11H2,1H3,(H,17,18,19). The molecule has 2 aliphatic heterocycles. The molecule has 1 aromatic heterocycles. The quantitative estimate of drug-likeness (QED) is 0.889. The first-order valence-electron chi connectivity index (χ1n) is 8.42. The van der Waals surface area contributed by atoms with E-state index in [0.717, 1.165) is 70.0 Å². The summed E-state index contributed by atoms with van der Waals surface area (Å²) >= 11 is 0. The van der Waals surface area contributed by atoms with Crippen molar-refractivity contribution >= 4 is 11.6 Å². The van der Waals surface area contributed by atoms with Crippen LogP contribution in [0.4, 0.5) is 11.6 Å². The molecule has 0 aromatic carbocycles. The molecule has 0 radical (unpaired) electrons. The van der Waals surface area contributed by atoms with Gasteiger partial charge in [0, 0.05) is 45.3 Å². The molecule has 122 valence electrons. The van der Waals surface area contributed by atoms with Crippen molar-refractivity contribution in [3.63, 3.8) is 0 Å². The van der Waals surface area contributed by atoms with Gasteiger partial charge in [-0.25, -0.2) is 9.97 Å². The van der Waals surface area contributed by atoms with Crippen molar-refractivity contribution in [2.45, 2.75) is 19.8 Å². The van der Waals surface area contributed by atoms with Crippen LogP contribution in [-0.4, -0.2) is 67.4 Å². The maximum Gasteiger partial charge on any atom is 0.134 e. The van der Waals surface area contributed by atoms with Gasteiger partial charge in [0.2, 0.25) is 0 Å². The summed E-state index contributed by atoms with van der Waals surface area (Å²) < 4.78 is 5.37. The lowest BCUT2D eigenvalue weighted by Crippen LogP contribution is -2.39. The van der Waals surface area contributed by atoms with Gasteiger partial charge < -0.3 is 15.0 Å². The molecule has 0 atom stereocenters. The Morgan fingerprint density at radius 1 is 1.18 bits per heavy atom. The molecule has 1 aromatic rings. The van der Waals surface area contributed by atoms with Crippen molar-refractivity contribution in [1.82, 2.24) is 14.9 Å². The first-order valence-corrected chi connectivity index (χ1v) is 8.42. The second kappa shape index (κ2) is 7.74. The molecule has 0 spiro atoms. The molecule has 3 heterocycles. The van der Waals surface area contributed by atoms with Crippen molar-refractivity contribution < 1.29 is 4.74 Å². The van der Waals surface area contributed by atoms with E-state index in [2.05, 4.69) is 38.1 Å². The number of nitrogens with zero attached hydrogens (tertiary/aromatic N) is 4. The van der Waals surface area contributed by atoms with Gasteiger partial charge in [0.15, 0.2) is 0 Å². The summed E-state index contributed by atoms with van der Waals surface area (Å²) in [5.41, 5.74) is 0. The molecule has 2 saturated heterocycles. The minimum absolute atomic E-state index is 0.837. The number of hydrogen-bond donors (Lipinski definition) is 1. The zero-order chi connectivity index (χ0) is 15.2. The highest BCUT2D eigenvalue weighted by Crippen LogP contribution is 2.22. The van der Waals surface area contributed by atoms with Gasteiger partial charge in [0.1, 0.15) is 18.0 Å². The summed E-state index contributed by atoms with van der Waals surface area (Å²) in [6.07, 6.45) is 4.18. The number of hydrogen-bond acceptors (Lipinski definition) is 6. The SMILES string of the molecule is CC1CCN(c2cc(NCCN3CCOCC3)ncn2)CC1. The zero-order valence-electron chi connectivity index (χ0n) is 13.5. The van der Waals surface area contributed by atoms with Gasteiger partial charge in [-0.15, -0.1) is 0 Å². The van der Waals surface area contributed by atoms with E-state index < -0.39 is 0 Å². The maximum atomic E-state index is 5.37. The Bertz CT molecular complexity index is 456. The van der Waals surface area contributed by atoms with Crippen molar-refractivity contribution in [1.29, 1.82) is 0 Å². The summed E-state index contributed by atoms with van der Waals surface area (Å²) in [7, 11) is 0. The molecule has 0 aliphatic carbocycles. The highest BCUT2D eigenvalue weighted by molar-refractivity contribution is 5.48. The number of piperidine rings is 1. The van der Waals surface area contributed by atoms with Crippen LogP contribution in [0.2, 0.25) is 0 Å². The predicted octanol–water partition coefficient (Wildman–Crippen LogP) is 1.46. The Balaban J connectivity index is 1.48. The van der Waals surface area contributed by atoms with E-state index in [9.17, 15) is 0 Å². The maximum absolute atomic E-state index is 5.37.